The Labute approximate surface area is 148 Å². The molecule has 124 valence electrons. The van der Waals surface area contributed by atoms with Crippen LogP contribution in [0.15, 0.2) is 34.8 Å². The molecule has 0 fully saturated rings. The van der Waals surface area contributed by atoms with Gasteiger partial charge in [-0.05, 0) is 30.7 Å². The van der Waals surface area contributed by atoms with Gasteiger partial charge in [0.05, 0.1) is 15.4 Å². The molecule has 0 radical (unpaired) electrons. The molecule has 0 aromatic heterocycles. The van der Waals surface area contributed by atoms with E-state index in [9.17, 15) is 25.0 Å². The molecular weight excluding hydrogens is 406 g/mol. The normalized spacial score (nSPS) is 10.3. The van der Waals surface area contributed by atoms with Crippen molar-refractivity contribution in [2.24, 2.45) is 0 Å². The first-order chi connectivity index (χ1) is 11.2. The Morgan fingerprint density at radius 1 is 1.12 bits per heavy atom. The molecule has 10 heteroatoms. The van der Waals surface area contributed by atoms with Gasteiger partial charge in [0.2, 0.25) is 0 Å². The van der Waals surface area contributed by atoms with E-state index in [1.165, 1.54) is 0 Å². The van der Waals surface area contributed by atoms with Crippen molar-refractivity contribution in [3.8, 4) is 0 Å². The van der Waals surface area contributed by atoms with Crippen molar-refractivity contribution in [1.29, 1.82) is 0 Å². The van der Waals surface area contributed by atoms with Crippen molar-refractivity contribution in [3.05, 3.63) is 71.2 Å². The van der Waals surface area contributed by atoms with Crippen LogP contribution in [0.2, 0.25) is 5.02 Å². The molecule has 0 atom stereocenters. The highest BCUT2D eigenvalue weighted by Crippen LogP contribution is 2.35. The zero-order valence-corrected chi connectivity index (χ0v) is 14.4. The standard InChI is InChI=1S/C14H9BrClN3O5/c1-7-4-9(2-3-10(7)15)17-14(20)8-5-11(18(21)22)13(16)12(6-8)19(23)24/h2-6H,1H3,(H,17,20). The number of nitrogens with one attached hydrogen (secondary N) is 1. The summed E-state index contributed by atoms with van der Waals surface area (Å²) in [6.45, 7) is 1.82. The first-order valence-electron chi connectivity index (χ1n) is 6.40. The van der Waals surface area contributed by atoms with E-state index in [-0.39, 0.29) is 5.56 Å². The van der Waals surface area contributed by atoms with Crippen LogP contribution in [0.3, 0.4) is 0 Å². The van der Waals surface area contributed by atoms with Crippen LogP contribution in [-0.4, -0.2) is 15.8 Å². The summed E-state index contributed by atoms with van der Waals surface area (Å²) in [5.74, 6) is -0.723. The fourth-order valence-electron chi connectivity index (χ4n) is 1.92. The highest BCUT2D eigenvalue weighted by molar-refractivity contribution is 9.10. The maximum absolute atomic E-state index is 12.3. The van der Waals surface area contributed by atoms with Gasteiger partial charge in [0.25, 0.3) is 17.3 Å². The molecule has 0 aliphatic carbocycles. The summed E-state index contributed by atoms with van der Waals surface area (Å²) in [7, 11) is 0. The van der Waals surface area contributed by atoms with E-state index in [4.69, 9.17) is 11.6 Å². The number of hydrogen-bond donors (Lipinski definition) is 1. The Balaban J connectivity index is 2.43. The van der Waals surface area contributed by atoms with Crippen molar-refractivity contribution < 1.29 is 14.6 Å². The average molecular weight is 415 g/mol. The number of aryl methyl sites for hydroxylation is 1. The fourth-order valence-corrected chi connectivity index (χ4v) is 2.41. The molecule has 2 aromatic carbocycles. The number of anilines is 1. The van der Waals surface area contributed by atoms with Crippen molar-refractivity contribution >= 4 is 50.5 Å². The molecule has 0 aliphatic heterocycles. The van der Waals surface area contributed by atoms with Crippen molar-refractivity contribution in [3.63, 3.8) is 0 Å². The topological polar surface area (TPSA) is 115 Å². The number of carbonyl (C=O) groups excluding carboxylic acids is 1. The number of hydrogen-bond acceptors (Lipinski definition) is 5. The van der Waals surface area contributed by atoms with Crippen LogP contribution in [0.4, 0.5) is 17.1 Å². The second kappa shape index (κ2) is 6.93. The SMILES string of the molecule is Cc1cc(NC(=O)c2cc([N+](=O)[O-])c(Cl)c([N+](=O)[O-])c2)ccc1Br. The molecule has 24 heavy (non-hydrogen) atoms. The maximum atomic E-state index is 12.3. The summed E-state index contributed by atoms with van der Waals surface area (Å²) in [6.07, 6.45) is 0. The van der Waals surface area contributed by atoms with E-state index in [1.807, 2.05) is 6.92 Å². The summed E-state index contributed by atoms with van der Waals surface area (Å²) in [4.78, 5) is 32.4. The minimum absolute atomic E-state index is 0.238. The van der Waals surface area contributed by atoms with Crippen molar-refractivity contribution in [1.82, 2.24) is 0 Å². The van der Waals surface area contributed by atoms with Gasteiger partial charge in [-0.2, -0.15) is 0 Å². The van der Waals surface area contributed by atoms with Gasteiger partial charge in [0, 0.05) is 22.3 Å². The number of carbonyl (C=O) groups is 1. The number of amides is 1. The number of benzene rings is 2. The van der Waals surface area contributed by atoms with E-state index in [0.717, 1.165) is 22.2 Å². The molecule has 0 saturated carbocycles. The lowest BCUT2D eigenvalue weighted by atomic mass is 10.1. The Kier molecular flexibility index (Phi) is 5.15. The lowest BCUT2D eigenvalue weighted by Crippen LogP contribution is -2.13. The molecular formula is C14H9BrClN3O5. The molecule has 1 N–H and O–H groups in total. The maximum Gasteiger partial charge on any atom is 0.295 e. The molecule has 0 spiro atoms. The van der Waals surface area contributed by atoms with Gasteiger partial charge >= 0.3 is 0 Å². The van der Waals surface area contributed by atoms with E-state index < -0.39 is 32.2 Å². The Bertz CT molecular complexity index is 836. The zero-order valence-electron chi connectivity index (χ0n) is 12.1. The number of rotatable bonds is 4. The quantitative estimate of drug-likeness (QED) is 0.585. The van der Waals surface area contributed by atoms with Gasteiger partial charge in [0.15, 0.2) is 5.02 Å². The van der Waals surface area contributed by atoms with Crippen molar-refractivity contribution in [2.75, 3.05) is 5.32 Å². The Morgan fingerprint density at radius 2 is 1.67 bits per heavy atom. The number of halogens is 2. The van der Waals surface area contributed by atoms with E-state index in [1.54, 1.807) is 18.2 Å². The number of nitrogens with zero attached hydrogens (tertiary/aromatic N) is 2. The highest BCUT2D eigenvalue weighted by atomic mass is 79.9. The number of nitro groups is 2. The fraction of sp³-hybridized carbons (Fsp3) is 0.0714. The molecule has 8 nitrogen and oxygen atoms in total. The third kappa shape index (κ3) is 3.69. The number of nitro benzene ring substituents is 2. The van der Waals surface area contributed by atoms with Gasteiger partial charge in [-0.15, -0.1) is 0 Å². The van der Waals surface area contributed by atoms with Crippen LogP contribution in [0, 0.1) is 27.2 Å². The van der Waals surface area contributed by atoms with Gasteiger partial charge in [-0.1, -0.05) is 27.5 Å². The minimum Gasteiger partial charge on any atom is -0.322 e. The summed E-state index contributed by atoms with van der Waals surface area (Å²) in [6, 6.07) is 6.82. The summed E-state index contributed by atoms with van der Waals surface area (Å²) in [5, 5.41) is 23.9. The first-order valence-corrected chi connectivity index (χ1v) is 7.57. The molecule has 2 rings (SSSR count). The molecule has 0 aliphatic rings. The van der Waals surface area contributed by atoms with Crippen LogP contribution in [0.25, 0.3) is 0 Å². The van der Waals surface area contributed by atoms with Gasteiger partial charge < -0.3 is 5.32 Å². The third-order valence-corrected chi connectivity index (χ3v) is 4.38. The molecule has 0 unspecified atom stereocenters. The van der Waals surface area contributed by atoms with E-state index in [0.29, 0.717) is 5.69 Å². The largest absolute Gasteiger partial charge is 0.322 e. The van der Waals surface area contributed by atoms with E-state index in [2.05, 4.69) is 21.2 Å². The highest BCUT2D eigenvalue weighted by Gasteiger charge is 2.27. The average Bonchev–Trinajstić information content (AvgIpc) is 2.50. The van der Waals surface area contributed by atoms with Gasteiger partial charge in [-0.25, -0.2) is 0 Å². The first kappa shape index (κ1) is 17.8. The van der Waals surface area contributed by atoms with E-state index >= 15 is 0 Å². The van der Waals surface area contributed by atoms with Crippen LogP contribution >= 0.6 is 27.5 Å². The summed E-state index contributed by atoms with van der Waals surface area (Å²) >= 11 is 8.98. The molecule has 1 amide bonds. The molecule has 0 heterocycles. The van der Waals surface area contributed by atoms with Crippen LogP contribution in [0.1, 0.15) is 15.9 Å². The van der Waals surface area contributed by atoms with Gasteiger partial charge in [0.1, 0.15) is 0 Å². The van der Waals surface area contributed by atoms with Gasteiger partial charge in [-0.3, -0.25) is 25.0 Å². The smallest absolute Gasteiger partial charge is 0.295 e. The van der Waals surface area contributed by atoms with Crippen LogP contribution in [0.5, 0.6) is 0 Å². The molecule has 2 aromatic rings. The summed E-state index contributed by atoms with van der Waals surface area (Å²) in [5.41, 5.74) is -0.341. The monoisotopic (exact) mass is 413 g/mol. The third-order valence-electron chi connectivity index (χ3n) is 3.11. The second-order valence-corrected chi connectivity index (χ2v) is 5.99. The van der Waals surface area contributed by atoms with Crippen LogP contribution < -0.4 is 5.32 Å². The predicted molar refractivity (Wildman–Crippen MR) is 91.6 cm³/mol. The summed E-state index contributed by atoms with van der Waals surface area (Å²) < 4.78 is 0.846. The predicted octanol–water partition coefficient (Wildman–Crippen LogP) is 4.48. The van der Waals surface area contributed by atoms with Crippen molar-refractivity contribution in [2.45, 2.75) is 6.92 Å². The Hall–Kier alpha value is -2.52. The minimum atomic E-state index is -0.879. The van der Waals surface area contributed by atoms with Crippen LogP contribution in [-0.2, 0) is 0 Å². The zero-order chi connectivity index (χ0) is 18.0. The molecule has 0 bridgehead atoms. The molecule has 0 saturated heterocycles. The Morgan fingerprint density at radius 3 is 2.12 bits per heavy atom. The second-order valence-electron chi connectivity index (χ2n) is 4.76. The lowest BCUT2D eigenvalue weighted by molar-refractivity contribution is -0.393. The lowest BCUT2D eigenvalue weighted by Gasteiger charge is -2.08.